The minimum atomic E-state index is -4.02. The number of methoxy groups -OCH3 is 1. The number of rotatable bonds is 1. The summed E-state index contributed by atoms with van der Waals surface area (Å²) >= 11 is 6.39. The highest BCUT2D eigenvalue weighted by Crippen LogP contribution is 2.47. The molecule has 0 unspecified atom stereocenters. The molecular weight excluding hydrogens is 560 g/mol. The van der Waals surface area contributed by atoms with Crippen LogP contribution < -0.4 is 14.4 Å². The van der Waals surface area contributed by atoms with Gasteiger partial charge in [0.15, 0.2) is 0 Å². The van der Waals surface area contributed by atoms with E-state index < -0.39 is 15.9 Å². The molecule has 0 aromatic heterocycles. The van der Waals surface area contributed by atoms with Crippen LogP contribution in [0, 0.1) is 11.8 Å². The van der Waals surface area contributed by atoms with Crippen LogP contribution in [0.15, 0.2) is 53.4 Å². The first-order chi connectivity index (χ1) is 19.8. The van der Waals surface area contributed by atoms with Crippen molar-refractivity contribution in [2.75, 3.05) is 31.7 Å². The van der Waals surface area contributed by atoms with Crippen LogP contribution in [0.4, 0.5) is 5.69 Å². The lowest BCUT2D eigenvalue weighted by molar-refractivity contribution is -0.119. The van der Waals surface area contributed by atoms with Gasteiger partial charge < -0.3 is 14.4 Å². The van der Waals surface area contributed by atoms with Gasteiger partial charge in [-0.2, -0.15) is 0 Å². The Morgan fingerprint density at radius 3 is 2.78 bits per heavy atom. The third-order valence-electron chi connectivity index (χ3n) is 9.54. The van der Waals surface area contributed by atoms with E-state index in [2.05, 4.69) is 33.9 Å². The number of carbonyl (C=O) groups is 1. The molecule has 2 bridgehead atoms. The lowest BCUT2D eigenvalue weighted by atomic mass is 9.68. The van der Waals surface area contributed by atoms with E-state index in [4.69, 9.17) is 21.1 Å². The number of amides is 1. The molecule has 0 radical (unpaired) electrons. The number of allylic oxidation sites excluding steroid dienone is 1. The maximum Gasteiger partial charge on any atom is 0.264 e. The van der Waals surface area contributed by atoms with Gasteiger partial charge in [0.2, 0.25) is 5.91 Å². The molecule has 9 heteroatoms. The van der Waals surface area contributed by atoms with Crippen molar-refractivity contribution in [1.29, 1.82) is 0 Å². The molecule has 220 valence electrons. The second kappa shape index (κ2) is 11.6. The van der Waals surface area contributed by atoms with Crippen molar-refractivity contribution in [3.05, 3.63) is 64.7 Å². The zero-order valence-corrected chi connectivity index (χ0v) is 25.2. The quantitative estimate of drug-likeness (QED) is 0.418. The molecule has 1 spiro atoms. The maximum absolute atomic E-state index is 13.3. The Morgan fingerprint density at radius 2 is 1.98 bits per heavy atom. The van der Waals surface area contributed by atoms with Gasteiger partial charge in [0.1, 0.15) is 5.75 Å². The maximum atomic E-state index is 13.3. The van der Waals surface area contributed by atoms with E-state index in [9.17, 15) is 13.2 Å². The normalized spacial score (nSPS) is 30.4. The highest BCUT2D eigenvalue weighted by atomic mass is 35.5. The van der Waals surface area contributed by atoms with E-state index in [1.54, 1.807) is 25.3 Å². The van der Waals surface area contributed by atoms with E-state index in [0.29, 0.717) is 37.2 Å². The van der Waals surface area contributed by atoms with Gasteiger partial charge in [0, 0.05) is 37.1 Å². The molecule has 6 rings (SSSR count). The Balaban J connectivity index is 1.42. The first-order valence-corrected chi connectivity index (χ1v) is 16.7. The fourth-order valence-electron chi connectivity index (χ4n) is 7.23. The zero-order chi connectivity index (χ0) is 28.6. The van der Waals surface area contributed by atoms with Crippen LogP contribution in [0.5, 0.6) is 5.75 Å². The largest absolute Gasteiger partial charge is 0.490 e. The number of aryl methyl sites for hydroxylation is 1. The fourth-order valence-corrected chi connectivity index (χ4v) is 8.46. The van der Waals surface area contributed by atoms with Gasteiger partial charge in [0.05, 0.1) is 23.3 Å². The number of nitrogens with zero attached hydrogens (tertiary/aromatic N) is 1. The van der Waals surface area contributed by atoms with Crippen LogP contribution in [0.2, 0.25) is 5.02 Å². The highest BCUT2D eigenvalue weighted by Gasteiger charge is 2.44. The van der Waals surface area contributed by atoms with Gasteiger partial charge in [-0.15, -0.1) is 0 Å². The van der Waals surface area contributed by atoms with Gasteiger partial charge in [-0.05, 0) is 105 Å². The summed E-state index contributed by atoms with van der Waals surface area (Å²) in [5.74, 6) is 0.982. The fraction of sp³-hybridized carbons (Fsp3) is 0.531. The van der Waals surface area contributed by atoms with Gasteiger partial charge in [-0.1, -0.05) is 29.8 Å². The van der Waals surface area contributed by atoms with Crippen LogP contribution >= 0.6 is 11.6 Å². The average Bonchev–Trinajstić information content (AvgIpc) is 3.08. The van der Waals surface area contributed by atoms with Crippen LogP contribution in [0.25, 0.3) is 0 Å². The molecule has 4 aliphatic rings. The summed E-state index contributed by atoms with van der Waals surface area (Å²) in [5.41, 5.74) is 3.05. The number of sulfonamides is 1. The lowest BCUT2D eigenvalue weighted by Gasteiger charge is -2.46. The Labute approximate surface area is 248 Å². The second-order valence-corrected chi connectivity index (χ2v) is 14.3. The Bertz CT molecular complexity index is 1440. The topological polar surface area (TPSA) is 84.9 Å². The predicted molar refractivity (Wildman–Crippen MR) is 160 cm³/mol. The van der Waals surface area contributed by atoms with E-state index in [-0.39, 0.29) is 22.8 Å². The Hall–Kier alpha value is -2.55. The first-order valence-electron chi connectivity index (χ1n) is 14.8. The highest BCUT2D eigenvalue weighted by molar-refractivity contribution is 7.90. The minimum Gasteiger partial charge on any atom is -0.490 e. The number of ether oxygens (including phenoxy) is 2. The molecule has 4 atom stereocenters. The number of benzene rings is 2. The summed E-state index contributed by atoms with van der Waals surface area (Å²) in [5, 5.41) is 0.743. The monoisotopic (exact) mass is 598 g/mol. The number of hydrogen-bond donors (Lipinski definition) is 1. The summed E-state index contributed by atoms with van der Waals surface area (Å²) in [6.45, 7) is 1.99. The minimum absolute atomic E-state index is 0.0358. The third-order valence-corrected chi connectivity index (χ3v) is 11.1. The summed E-state index contributed by atoms with van der Waals surface area (Å²) in [6, 6.07) is 11.2. The summed E-state index contributed by atoms with van der Waals surface area (Å²) in [7, 11) is -2.24. The van der Waals surface area contributed by atoms with Crippen molar-refractivity contribution in [2.24, 2.45) is 11.8 Å². The molecule has 41 heavy (non-hydrogen) atoms. The van der Waals surface area contributed by atoms with Crippen molar-refractivity contribution in [1.82, 2.24) is 4.72 Å². The standard InChI is InChI=1S/C32H39ClN2O5S/c1-39-29-8-4-2-3-5-9-31(36)34-41(37,38)25-12-15-30-28(18-25)35(19-23-10-13-26(23)29)20-32(21-40-30)16-6-7-22-17-24(33)11-14-27(22)32/h4,8,11-12,14-15,17-18,23,26,29H,2-3,5-7,9-10,13,16,19-21H2,1H3,(H,34,36)/b8-4+/t23-,26+,29+,32-/m0/s1. The van der Waals surface area contributed by atoms with Crippen molar-refractivity contribution in [2.45, 2.75) is 74.2 Å². The number of halogens is 1. The zero-order valence-electron chi connectivity index (χ0n) is 23.6. The van der Waals surface area contributed by atoms with Gasteiger partial charge in [-0.25, -0.2) is 13.1 Å². The summed E-state index contributed by atoms with van der Waals surface area (Å²) in [6.07, 6.45) is 12.0. The van der Waals surface area contributed by atoms with E-state index in [0.717, 1.165) is 62.2 Å². The van der Waals surface area contributed by atoms with Crippen molar-refractivity contribution in [3.8, 4) is 5.75 Å². The number of fused-ring (bicyclic) bond motifs is 4. The van der Waals surface area contributed by atoms with Crippen molar-refractivity contribution >= 4 is 33.2 Å². The number of anilines is 1. The van der Waals surface area contributed by atoms with Crippen LogP contribution in [0.1, 0.15) is 62.5 Å². The first kappa shape index (κ1) is 28.6. The van der Waals surface area contributed by atoms with Crippen LogP contribution in [-0.4, -0.2) is 47.2 Å². The van der Waals surface area contributed by atoms with Crippen molar-refractivity contribution < 1.29 is 22.7 Å². The molecule has 2 heterocycles. The Kier molecular flexibility index (Phi) is 8.09. The molecule has 2 aliphatic heterocycles. The number of carbonyl (C=O) groups excluding carboxylic acids is 1. The van der Waals surface area contributed by atoms with Gasteiger partial charge >= 0.3 is 0 Å². The molecule has 0 saturated heterocycles. The molecular formula is C32H39ClN2O5S. The van der Waals surface area contributed by atoms with Crippen LogP contribution in [-0.2, 0) is 31.4 Å². The van der Waals surface area contributed by atoms with E-state index >= 15 is 0 Å². The average molecular weight is 599 g/mol. The number of nitrogens with one attached hydrogen (secondary N) is 1. The molecule has 2 aromatic rings. The molecule has 2 aliphatic carbocycles. The number of hydrogen-bond acceptors (Lipinski definition) is 6. The van der Waals surface area contributed by atoms with Gasteiger partial charge in [-0.3, -0.25) is 4.79 Å². The van der Waals surface area contributed by atoms with Gasteiger partial charge in [0.25, 0.3) is 10.0 Å². The predicted octanol–water partition coefficient (Wildman–Crippen LogP) is 5.79. The third kappa shape index (κ3) is 5.75. The van der Waals surface area contributed by atoms with Crippen molar-refractivity contribution in [3.63, 3.8) is 0 Å². The summed E-state index contributed by atoms with van der Waals surface area (Å²) < 4.78 is 41.4. The molecule has 7 nitrogen and oxygen atoms in total. The molecule has 1 fully saturated rings. The molecule has 1 saturated carbocycles. The Morgan fingerprint density at radius 1 is 1.10 bits per heavy atom. The molecule has 1 N–H and O–H groups in total. The SMILES string of the molecule is CO[C@@H]1/C=C/CCCCC(=O)NS(=O)(=O)c2ccc3c(c2)N(C[C@@H]2CC[C@H]21)C[C@@]1(CCCc2cc(Cl)ccc21)CO3. The van der Waals surface area contributed by atoms with E-state index in [1.807, 2.05) is 6.07 Å². The smallest absolute Gasteiger partial charge is 0.264 e. The second-order valence-electron chi connectivity index (χ2n) is 12.1. The lowest BCUT2D eigenvalue weighted by Crippen LogP contribution is -2.49. The summed E-state index contributed by atoms with van der Waals surface area (Å²) in [4.78, 5) is 15.0. The van der Waals surface area contributed by atoms with E-state index in [1.165, 1.54) is 11.1 Å². The molecule has 1 amide bonds. The van der Waals surface area contributed by atoms with Crippen LogP contribution in [0.3, 0.4) is 0 Å². The molecule has 2 aromatic carbocycles.